The molecule has 0 spiro atoms. The summed E-state index contributed by atoms with van der Waals surface area (Å²) in [6.07, 6.45) is 2.17. The van der Waals surface area contributed by atoms with Crippen LogP contribution in [0.2, 0.25) is 0 Å². The summed E-state index contributed by atoms with van der Waals surface area (Å²) in [6.45, 7) is 5.28. The molecule has 2 rings (SSSR count). The van der Waals surface area contributed by atoms with Gasteiger partial charge in [-0.05, 0) is 37.6 Å². The van der Waals surface area contributed by atoms with Crippen molar-refractivity contribution in [1.82, 2.24) is 4.57 Å². The fraction of sp³-hybridized carbons (Fsp3) is 0.273. The number of aromatic nitrogens is 1. The first-order valence-corrected chi connectivity index (χ1v) is 4.57. The van der Waals surface area contributed by atoms with Crippen LogP contribution in [0.1, 0.15) is 12.5 Å². The van der Waals surface area contributed by atoms with Crippen LogP contribution in [-0.4, -0.2) is 4.57 Å². The lowest BCUT2D eigenvalue weighted by Gasteiger charge is -2.00. The first-order valence-electron chi connectivity index (χ1n) is 4.57. The zero-order chi connectivity index (χ0) is 9.42. The van der Waals surface area contributed by atoms with E-state index in [1.807, 2.05) is 12.1 Å². The van der Waals surface area contributed by atoms with Gasteiger partial charge in [-0.1, -0.05) is 0 Å². The molecule has 0 atom stereocenters. The largest absolute Gasteiger partial charge is 0.399 e. The standard InChI is InChI=1S/C11H14N2/c1-3-13-7-8(2)10-6-9(12)4-5-11(10)13/h4-7H,3,12H2,1-2H3. The molecule has 2 heteroatoms. The highest BCUT2D eigenvalue weighted by Crippen LogP contribution is 2.22. The number of hydrogen-bond acceptors (Lipinski definition) is 1. The van der Waals surface area contributed by atoms with E-state index in [4.69, 9.17) is 5.73 Å². The lowest BCUT2D eigenvalue weighted by atomic mass is 10.2. The fourth-order valence-corrected chi connectivity index (χ4v) is 1.75. The Balaban J connectivity index is 2.80. The first-order chi connectivity index (χ1) is 6.22. The van der Waals surface area contributed by atoms with Gasteiger partial charge < -0.3 is 10.3 Å². The van der Waals surface area contributed by atoms with E-state index in [2.05, 4.69) is 30.7 Å². The van der Waals surface area contributed by atoms with Crippen molar-refractivity contribution in [2.24, 2.45) is 0 Å². The van der Waals surface area contributed by atoms with Gasteiger partial charge in [0.25, 0.3) is 0 Å². The van der Waals surface area contributed by atoms with Gasteiger partial charge in [-0.25, -0.2) is 0 Å². The summed E-state index contributed by atoms with van der Waals surface area (Å²) in [7, 11) is 0. The first kappa shape index (κ1) is 8.17. The Morgan fingerprint density at radius 2 is 2.15 bits per heavy atom. The van der Waals surface area contributed by atoms with Crippen molar-refractivity contribution in [3.05, 3.63) is 30.0 Å². The Morgan fingerprint density at radius 1 is 1.38 bits per heavy atom. The molecule has 1 aromatic heterocycles. The van der Waals surface area contributed by atoms with Gasteiger partial charge in [0.1, 0.15) is 0 Å². The van der Waals surface area contributed by atoms with Gasteiger partial charge in [0.2, 0.25) is 0 Å². The number of nitrogens with zero attached hydrogens (tertiary/aromatic N) is 1. The molecule has 2 nitrogen and oxygen atoms in total. The second-order valence-corrected chi connectivity index (χ2v) is 3.37. The third-order valence-corrected chi connectivity index (χ3v) is 2.45. The molecule has 68 valence electrons. The van der Waals surface area contributed by atoms with E-state index in [0.29, 0.717) is 0 Å². The molecule has 0 unspecified atom stereocenters. The quantitative estimate of drug-likeness (QED) is 0.662. The highest BCUT2D eigenvalue weighted by atomic mass is 14.9. The van der Waals surface area contributed by atoms with E-state index in [1.165, 1.54) is 16.5 Å². The molecule has 0 aliphatic heterocycles. The van der Waals surface area contributed by atoms with E-state index in [-0.39, 0.29) is 0 Å². The molecule has 0 bridgehead atoms. The van der Waals surface area contributed by atoms with Crippen molar-refractivity contribution < 1.29 is 0 Å². The van der Waals surface area contributed by atoms with E-state index in [0.717, 1.165) is 12.2 Å². The lowest BCUT2D eigenvalue weighted by molar-refractivity contribution is 0.795. The summed E-state index contributed by atoms with van der Waals surface area (Å²) in [4.78, 5) is 0. The molecule has 0 aliphatic carbocycles. The van der Waals surface area contributed by atoms with Crippen LogP contribution in [0.25, 0.3) is 10.9 Å². The number of hydrogen-bond donors (Lipinski definition) is 1. The minimum absolute atomic E-state index is 0.837. The predicted octanol–water partition coefficient (Wildman–Crippen LogP) is 2.55. The van der Waals surface area contributed by atoms with Gasteiger partial charge in [0.15, 0.2) is 0 Å². The van der Waals surface area contributed by atoms with Crippen molar-refractivity contribution in [3.8, 4) is 0 Å². The van der Waals surface area contributed by atoms with E-state index in [1.54, 1.807) is 0 Å². The van der Waals surface area contributed by atoms with Crippen LogP contribution in [0.15, 0.2) is 24.4 Å². The highest BCUT2D eigenvalue weighted by molar-refractivity contribution is 5.86. The third kappa shape index (κ3) is 1.18. The number of nitrogen functional groups attached to an aromatic ring is 1. The Labute approximate surface area is 78.0 Å². The predicted molar refractivity (Wildman–Crippen MR) is 56.8 cm³/mol. The number of fused-ring (bicyclic) bond motifs is 1. The number of benzene rings is 1. The van der Waals surface area contributed by atoms with Crippen LogP contribution in [0, 0.1) is 6.92 Å². The topological polar surface area (TPSA) is 30.9 Å². The van der Waals surface area contributed by atoms with Crippen LogP contribution in [0.5, 0.6) is 0 Å². The van der Waals surface area contributed by atoms with Crippen LogP contribution >= 0.6 is 0 Å². The SMILES string of the molecule is CCn1cc(C)c2cc(N)ccc21. The molecular formula is C11H14N2. The van der Waals surface area contributed by atoms with Gasteiger partial charge in [-0.2, -0.15) is 0 Å². The van der Waals surface area contributed by atoms with E-state index >= 15 is 0 Å². The molecular weight excluding hydrogens is 160 g/mol. The van der Waals surface area contributed by atoms with Crippen LogP contribution in [-0.2, 0) is 6.54 Å². The summed E-state index contributed by atoms with van der Waals surface area (Å²) in [6, 6.07) is 6.08. The van der Waals surface area contributed by atoms with Crippen LogP contribution in [0.4, 0.5) is 5.69 Å². The Hall–Kier alpha value is -1.44. The Bertz CT molecular complexity index is 441. The van der Waals surface area contributed by atoms with Gasteiger partial charge in [-0.15, -0.1) is 0 Å². The lowest BCUT2D eigenvalue weighted by Crippen LogP contribution is -1.90. The summed E-state index contributed by atoms with van der Waals surface area (Å²) in [5.41, 5.74) is 9.14. The number of nitrogens with two attached hydrogens (primary N) is 1. The molecule has 0 amide bonds. The average molecular weight is 174 g/mol. The molecule has 2 N–H and O–H groups in total. The molecule has 0 aliphatic rings. The average Bonchev–Trinajstić information content (AvgIpc) is 2.43. The van der Waals surface area contributed by atoms with Crippen molar-refractivity contribution in [3.63, 3.8) is 0 Å². The Morgan fingerprint density at radius 3 is 2.85 bits per heavy atom. The second-order valence-electron chi connectivity index (χ2n) is 3.37. The normalized spacial score (nSPS) is 10.9. The van der Waals surface area contributed by atoms with Gasteiger partial charge in [0, 0.05) is 29.3 Å². The molecule has 0 radical (unpaired) electrons. The second kappa shape index (κ2) is 2.80. The van der Waals surface area contributed by atoms with Gasteiger partial charge >= 0.3 is 0 Å². The minimum atomic E-state index is 0.837. The maximum absolute atomic E-state index is 5.73. The minimum Gasteiger partial charge on any atom is -0.399 e. The summed E-state index contributed by atoms with van der Waals surface area (Å²) in [5, 5.41) is 1.27. The molecule has 0 saturated carbocycles. The monoisotopic (exact) mass is 174 g/mol. The fourth-order valence-electron chi connectivity index (χ4n) is 1.75. The van der Waals surface area contributed by atoms with Gasteiger partial charge in [0.05, 0.1) is 0 Å². The van der Waals surface area contributed by atoms with E-state index in [9.17, 15) is 0 Å². The number of rotatable bonds is 1. The number of aryl methyl sites for hydroxylation is 2. The van der Waals surface area contributed by atoms with Crippen molar-refractivity contribution in [2.45, 2.75) is 20.4 Å². The molecule has 0 fully saturated rings. The molecule has 1 heterocycles. The van der Waals surface area contributed by atoms with Gasteiger partial charge in [-0.3, -0.25) is 0 Å². The maximum Gasteiger partial charge on any atom is 0.0484 e. The van der Waals surface area contributed by atoms with Crippen molar-refractivity contribution >= 4 is 16.6 Å². The molecule has 1 aromatic carbocycles. The zero-order valence-electron chi connectivity index (χ0n) is 8.04. The Kier molecular flexibility index (Phi) is 1.76. The smallest absolute Gasteiger partial charge is 0.0484 e. The highest BCUT2D eigenvalue weighted by Gasteiger charge is 2.03. The summed E-state index contributed by atoms with van der Waals surface area (Å²) in [5.74, 6) is 0. The van der Waals surface area contributed by atoms with Crippen molar-refractivity contribution in [2.75, 3.05) is 5.73 Å². The maximum atomic E-state index is 5.73. The molecule has 0 saturated heterocycles. The van der Waals surface area contributed by atoms with Crippen LogP contribution in [0.3, 0.4) is 0 Å². The van der Waals surface area contributed by atoms with Crippen LogP contribution < -0.4 is 5.73 Å². The van der Waals surface area contributed by atoms with Crippen molar-refractivity contribution in [1.29, 1.82) is 0 Å². The third-order valence-electron chi connectivity index (χ3n) is 2.45. The zero-order valence-corrected chi connectivity index (χ0v) is 8.04. The summed E-state index contributed by atoms with van der Waals surface area (Å²) >= 11 is 0. The molecule has 13 heavy (non-hydrogen) atoms. The summed E-state index contributed by atoms with van der Waals surface area (Å²) < 4.78 is 2.24. The molecule has 2 aromatic rings. The number of anilines is 1. The van der Waals surface area contributed by atoms with E-state index < -0.39 is 0 Å².